The molecule has 3 aromatic rings. The molecule has 1 heterocycles. The van der Waals surface area contributed by atoms with Gasteiger partial charge in [0.1, 0.15) is 0 Å². The Morgan fingerprint density at radius 3 is 2.45 bits per heavy atom. The van der Waals surface area contributed by atoms with Gasteiger partial charge < -0.3 is 0 Å². The van der Waals surface area contributed by atoms with Crippen LogP contribution in [0.5, 0.6) is 0 Å². The highest BCUT2D eigenvalue weighted by Gasteiger charge is 2.06. The van der Waals surface area contributed by atoms with Gasteiger partial charge in [-0.05, 0) is 36.1 Å². The maximum atomic E-state index is 11.9. The van der Waals surface area contributed by atoms with Crippen LogP contribution < -0.4 is 11.1 Å². The van der Waals surface area contributed by atoms with Crippen molar-refractivity contribution in [3.05, 3.63) is 68.7 Å². The number of rotatable bonds is 3. The molecule has 5 nitrogen and oxygen atoms in total. The van der Waals surface area contributed by atoms with Gasteiger partial charge in [0.25, 0.3) is 11.1 Å². The van der Waals surface area contributed by atoms with E-state index in [0.29, 0.717) is 16.5 Å². The van der Waals surface area contributed by atoms with E-state index in [0.717, 1.165) is 5.56 Å². The summed E-state index contributed by atoms with van der Waals surface area (Å²) >= 11 is 1.67. The second-order valence-electron chi connectivity index (χ2n) is 4.64. The fourth-order valence-electron chi connectivity index (χ4n) is 2.15. The average molecular weight is 311 g/mol. The maximum absolute atomic E-state index is 11.9. The first-order chi connectivity index (χ1) is 10.7. The number of nitrogens with one attached hydrogen (secondary N) is 2. The SMILES string of the molecule is CSc1ccc(C=Nc2cccc3c(=O)[nH][nH]c(=O)c23)cc1. The van der Waals surface area contributed by atoms with Crippen LogP contribution in [-0.2, 0) is 0 Å². The topological polar surface area (TPSA) is 78.1 Å². The number of fused-ring (bicyclic) bond motifs is 1. The molecule has 0 saturated carbocycles. The van der Waals surface area contributed by atoms with Crippen molar-refractivity contribution < 1.29 is 0 Å². The van der Waals surface area contributed by atoms with Crippen LogP contribution in [0.1, 0.15) is 5.56 Å². The summed E-state index contributed by atoms with van der Waals surface area (Å²) in [5, 5.41) is 5.26. The van der Waals surface area contributed by atoms with Crippen molar-refractivity contribution in [1.29, 1.82) is 0 Å². The number of nitrogens with zero attached hydrogens (tertiary/aromatic N) is 1. The molecule has 0 aliphatic rings. The molecule has 0 aliphatic heterocycles. The summed E-state index contributed by atoms with van der Waals surface area (Å²) < 4.78 is 0. The van der Waals surface area contributed by atoms with Crippen molar-refractivity contribution >= 4 is 34.4 Å². The quantitative estimate of drug-likeness (QED) is 0.576. The summed E-state index contributed by atoms with van der Waals surface area (Å²) in [5.41, 5.74) is 0.700. The van der Waals surface area contributed by atoms with Crippen molar-refractivity contribution in [3.8, 4) is 0 Å². The molecule has 1 aromatic heterocycles. The number of thioether (sulfide) groups is 1. The van der Waals surface area contributed by atoms with Crippen LogP contribution in [0.4, 0.5) is 5.69 Å². The van der Waals surface area contributed by atoms with Gasteiger partial charge in [-0.2, -0.15) is 0 Å². The molecule has 6 heteroatoms. The highest BCUT2D eigenvalue weighted by atomic mass is 32.2. The minimum atomic E-state index is -0.361. The van der Waals surface area contributed by atoms with Crippen LogP contribution in [-0.4, -0.2) is 22.7 Å². The summed E-state index contributed by atoms with van der Waals surface area (Å²) in [4.78, 5) is 29.2. The Morgan fingerprint density at radius 2 is 1.73 bits per heavy atom. The molecule has 22 heavy (non-hydrogen) atoms. The Kier molecular flexibility index (Phi) is 3.93. The Bertz CT molecular complexity index is 956. The lowest BCUT2D eigenvalue weighted by atomic mass is 10.1. The number of aliphatic imine (C=N–C) groups is 1. The molecule has 0 spiro atoms. The smallest absolute Gasteiger partial charge is 0.267 e. The van der Waals surface area contributed by atoms with Gasteiger partial charge in [0, 0.05) is 11.1 Å². The predicted molar refractivity (Wildman–Crippen MR) is 90.7 cm³/mol. The van der Waals surface area contributed by atoms with Crippen LogP contribution in [0, 0.1) is 0 Å². The van der Waals surface area contributed by atoms with E-state index < -0.39 is 0 Å². The summed E-state index contributed by atoms with van der Waals surface area (Å²) in [6.07, 6.45) is 3.70. The average Bonchev–Trinajstić information content (AvgIpc) is 2.56. The zero-order valence-corrected chi connectivity index (χ0v) is 12.6. The van der Waals surface area contributed by atoms with Crippen LogP contribution in [0.3, 0.4) is 0 Å². The minimum Gasteiger partial charge on any atom is -0.267 e. The van der Waals surface area contributed by atoms with Gasteiger partial charge in [0.05, 0.1) is 16.5 Å². The number of aromatic nitrogens is 2. The molecule has 0 bridgehead atoms. The van der Waals surface area contributed by atoms with E-state index in [2.05, 4.69) is 15.2 Å². The van der Waals surface area contributed by atoms with Gasteiger partial charge in [0.15, 0.2) is 0 Å². The van der Waals surface area contributed by atoms with Crippen LogP contribution in [0.25, 0.3) is 10.8 Å². The first-order valence-electron chi connectivity index (χ1n) is 6.61. The normalized spacial score (nSPS) is 11.3. The fourth-order valence-corrected chi connectivity index (χ4v) is 2.56. The molecule has 0 fully saturated rings. The van der Waals surface area contributed by atoms with Gasteiger partial charge >= 0.3 is 0 Å². The molecule has 2 N–H and O–H groups in total. The second kappa shape index (κ2) is 6.03. The van der Waals surface area contributed by atoms with Gasteiger partial charge in [0.2, 0.25) is 0 Å². The number of aromatic amines is 2. The third-order valence-corrected chi connectivity index (χ3v) is 4.02. The Labute approximate surface area is 130 Å². The molecule has 0 unspecified atom stereocenters. The molecular weight excluding hydrogens is 298 g/mol. The number of hydrogen-bond acceptors (Lipinski definition) is 4. The second-order valence-corrected chi connectivity index (χ2v) is 5.52. The molecule has 0 aliphatic carbocycles. The first-order valence-corrected chi connectivity index (χ1v) is 7.83. The largest absolute Gasteiger partial charge is 0.272 e. The third kappa shape index (κ3) is 2.73. The highest BCUT2D eigenvalue weighted by Crippen LogP contribution is 2.20. The number of hydrogen-bond donors (Lipinski definition) is 2. The van der Waals surface area contributed by atoms with Crippen molar-refractivity contribution in [2.45, 2.75) is 4.90 Å². The van der Waals surface area contributed by atoms with E-state index in [9.17, 15) is 9.59 Å². The van der Waals surface area contributed by atoms with Crippen molar-refractivity contribution in [2.24, 2.45) is 4.99 Å². The summed E-state index contributed by atoms with van der Waals surface area (Å²) in [7, 11) is 0. The van der Waals surface area contributed by atoms with E-state index in [1.807, 2.05) is 30.5 Å². The van der Waals surface area contributed by atoms with E-state index >= 15 is 0 Å². The highest BCUT2D eigenvalue weighted by molar-refractivity contribution is 7.98. The third-order valence-electron chi connectivity index (χ3n) is 3.27. The standard InChI is InChI=1S/C16H13N3O2S/c1-22-11-7-5-10(6-8-11)9-17-13-4-2-3-12-14(13)16(21)19-18-15(12)20/h2-9H,1H3,(H,18,20)(H,19,21). The van der Waals surface area contributed by atoms with E-state index in [1.165, 1.54) is 4.90 Å². The molecule has 0 radical (unpaired) electrons. The molecule has 0 amide bonds. The summed E-state index contributed by atoms with van der Waals surface area (Å²) in [5.74, 6) is 0. The van der Waals surface area contributed by atoms with Crippen molar-refractivity contribution in [3.63, 3.8) is 0 Å². The van der Waals surface area contributed by atoms with Gasteiger partial charge in [-0.3, -0.25) is 24.8 Å². The van der Waals surface area contributed by atoms with Crippen LogP contribution >= 0.6 is 11.8 Å². The molecule has 0 atom stereocenters. The van der Waals surface area contributed by atoms with Crippen molar-refractivity contribution in [2.75, 3.05) is 6.26 Å². The van der Waals surface area contributed by atoms with E-state index in [-0.39, 0.29) is 11.1 Å². The van der Waals surface area contributed by atoms with Gasteiger partial charge in [-0.25, -0.2) is 0 Å². The predicted octanol–water partition coefficient (Wildman–Crippen LogP) is 2.69. The van der Waals surface area contributed by atoms with Gasteiger partial charge in [-0.1, -0.05) is 18.2 Å². The summed E-state index contributed by atoms with van der Waals surface area (Å²) in [6.45, 7) is 0. The van der Waals surface area contributed by atoms with Crippen LogP contribution in [0.2, 0.25) is 0 Å². The van der Waals surface area contributed by atoms with Crippen LogP contribution in [0.15, 0.2) is 61.9 Å². The van der Waals surface area contributed by atoms with E-state index in [4.69, 9.17) is 0 Å². The summed E-state index contributed by atoms with van der Waals surface area (Å²) in [6, 6.07) is 13.0. The fraction of sp³-hybridized carbons (Fsp3) is 0.0625. The molecule has 110 valence electrons. The number of H-pyrrole nitrogens is 2. The lowest BCUT2D eigenvalue weighted by molar-refractivity contribution is 0.976. The zero-order valence-electron chi connectivity index (χ0n) is 11.8. The van der Waals surface area contributed by atoms with Crippen molar-refractivity contribution in [1.82, 2.24) is 10.2 Å². The monoisotopic (exact) mass is 311 g/mol. The molecular formula is C16H13N3O2S. The maximum Gasteiger partial charge on any atom is 0.272 e. The zero-order chi connectivity index (χ0) is 15.5. The minimum absolute atomic E-state index is 0.295. The lowest BCUT2D eigenvalue weighted by Gasteiger charge is -2.00. The number of benzene rings is 2. The van der Waals surface area contributed by atoms with E-state index in [1.54, 1.807) is 36.2 Å². The Morgan fingerprint density at radius 1 is 1.00 bits per heavy atom. The Balaban J connectivity index is 2.07. The Hall–Kier alpha value is -2.60. The molecule has 0 saturated heterocycles. The van der Waals surface area contributed by atoms with Gasteiger partial charge in [-0.15, -0.1) is 11.8 Å². The lowest BCUT2D eigenvalue weighted by Crippen LogP contribution is -2.18. The first kappa shape index (κ1) is 14.3. The molecule has 3 rings (SSSR count). The molecule has 2 aromatic carbocycles.